The van der Waals surface area contributed by atoms with E-state index in [9.17, 15) is 13.6 Å². The van der Waals surface area contributed by atoms with Gasteiger partial charge in [-0.1, -0.05) is 5.57 Å². The lowest BCUT2D eigenvalue weighted by Crippen LogP contribution is -2.42. The van der Waals surface area contributed by atoms with Crippen LogP contribution in [0.4, 0.5) is 8.78 Å². The van der Waals surface area contributed by atoms with E-state index in [0.717, 1.165) is 5.57 Å². The van der Waals surface area contributed by atoms with Crippen LogP contribution in [-0.2, 0) is 0 Å². The normalized spacial score (nSPS) is 16.6. The molecular weight excluding hydrogens is 356 g/mol. The molecule has 0 atom stereocenters. The van der Waals surface area contributed by atoms with Gasteiger partial charge in [0.15, 0.2) is 5.76 Å². The van der Waals surface area contributed by atoms with E-state index >= 15 is 0 Å². The Morgan fingerprint density at radius 3 is 2.85 bits per heavy atom. The van der Waals surface area contributed by atoms with Gasteiger partial charge in [0.05, 0.1) is 5.69 Å². The highest BCUT2D eigenvalue weighted by molar-refractivity contribution is 5.91. The molecule has 0 unspecified atom stereocenters. The van der Waals surface area contributed by atoms with Crippen LogP contribution >= 0.6 is 0 Å². The molecule has 1 saturated carbocycles. The van der Waals surface area contributed by atoms with Crippen molar-refractivity contribution in [1.29, 1.82) is 0 Å². The molecule has 0 aromatic carbocycles. The lowest BCUT2D eigenvalue weighted by Gasteiger charge is -2.36. The highest BCUT2D eigenvalue weighted by Crippen LogP contribution is 2.33. The van der Waals surface area contributed by atoms with Gasteiger partial charge in [0.1, 0.15) is 17.8 Å². The zero-order valence-corrected chi connectivity index (χ0v) is 14.8. The number of nitrogens with zero attached hydrogens (tertiary/aromatic N) is 5. The standard InChI is InChI=1S/C18H17F2N5O2/c1-10-3-4-15(27-10)17(26)24(2)12-5-11(6-12)7-13-8-14(16(19)20)23-18-21-9-22-25(13)18/h3-4,7-9,12,16H,5-6H2,1-2H3. The fourth-order valence-corrected chi connectivity index (χ4v) is 3.10. The van der Waals surface area contributed by atoms with Crippen LogP contribution in [0.2, 0.25) is 0 Å². The summed E-state index contributed by atoms with van der Waals surface area (Å²) in [4.78, 5) is 21.8. The first-order valence-corrected chi connectivity index (χ1v) is 8.44. The number of furan rings is 1. The number of aryl methyl sites for hydroxylation is 1. The molecule has 0 aliphatic heterocycles. The number of alkyl halides is 2. The molecule has 140 valence electrons. The van der Waals surface area contributed by atoms with Gasteiger partial charge < -0.3 is 9.32 Å². The molecule has 0 radical (unpaired) electrons. The van der Waals surface area contributed by atoms with Crippen molar-refractivity contribution in [3.8, 4) is 0 Å². The van der Waals surface area contributed by atoms with Gasteiger partial charge in [-0.25, -0.2) is 13.8 Å². The SMILES string of the molecule is Cc1ccc(C(=O)N(C)C2CC(=Cc3cc(C(F)F)nc4ncnn34)C2)o1. The Kier molecular flexibility index (Phi) is 4.21. The minimum atomic E-state index is -2.68. The molecular formula is C18H17F2N5O2. The Hall–Kier alpha value is -3.10. The van der Waals surface area contributed by atoms with Gasteiger partial charge in [0.25, 0.3) is 18.1 Å². The van der Waals surface area contributed by atoms with E-state index in [-0.39, 0.29) is 23.4 Å². The van der Waals surface area contributed by atoms with Crippen LogP contribution < -0.4 is 0 Å². The monoisotopic (exact) mass is 373 g/mol. The summed E-state index contributed by atoms with van der Waals surface area (Å²) in [7, 11) is 1.73. The molecule has 7 nitrogen and oxygen atoms in total. The maximum absolute atomic E-state index is 13.0. The molecule has 9 heteroatoms. The summed E-state index contributed by atoms with van der Waals surface area (Å²) in [6.45, 7) is 1.79. The zero-order chi connectivity index (χ0) is 19.1. The summed E-state index contributed by atoms with van der Waals surface area (Å²) in [5.41, 5.74) is 1.20. The van der Waals surface area contributed by atoms with Crippen LogP contribution in [0.3, 0.4) is 0 Å². The van der Waals surface area contributed by atoms with E-state index < -0.39 is 6.43 Å². The largest absolute Gasteiger partial charge is 0.456 e. The summed E-state index contributed by atoms with van der Waals surface area (Å²) in [5.74, 6) is 0.962. The minimum absolute atomic E-state index is 0.0387. The summed E-state index contributed by atoms with van der Waals surface area (Å²) >= 11 is 0. The van der Waals surface area contributed by atoms with Gasteiger partial charge in [0, 0.05) is 13.1 Å². The fraction of sp³-hybridized carbons (Fsp3) is 0.333. The predicted octanol–water partition coefficient (Wildman–Crippen LogP) is 3.28. The number of hydrogen-bond acceptors (Lipinski definition) is 5. The van der Waals surface area contributed by atoms with E-state index in [1.165, 1.54) is 16.9 Å². The summed E-state index contributed by atoms with van der Waals surface area (Å²) in [6.07, 6.45) is 1.72. The van der Waals surface area contributed by atoms with Crippen molar-refractivity contribution >= 4 is 17.8 Å². The van der Waals surface area contributed by atoms with Crippen LogP contribution in [0.15, 0.2) is 34.5 Å². The van der Waals surface area contributed by atoms with Crippen LogP contribution in [0.1, 0.15) is 47.0 Å². The Bertz CT molecular complexity index is 1030. The first kappa shape index (κ1) is 17.3. The topological polar surface area (TPSA) is 76.5 Å². The summed E-state index contributed by atoms with van der Waals surface area (Å²) in [5, 5.41) is 4.03. The maximum atomic E-state index is 13.0. The summed E-state index contributed by atoms with van der Waals surface area (Å²) in [6, 6.07) is 4.76. The average molecular weight is 373 g/mol. The molecule has 0 saturated heterocycles. The van der Waals surface area contributed by atoms with E-state index in [2.05, 4.69) is 15.1 Å². The quantitative estimate of drug-likeness (QED) is 0.701. The number of carbonyl (C=O) groups is 1. The van der Waals surface area contributed by atoms with Gasteiger partial charge in [-0.3, -0.25) is 4.79 Å². The van der Waals surface area contributed by atoms with Crippen molar-refractivity contribution in [3.63, 3.8) is 0 Å². The lowest BCUT2D eigenvalue weighted by atomic mass is 9.84. The van der Waals surface area contributed by atoms with Crippen LogP contribution in [0, 0.1) is 6.92 Å². The van der Waals surface area contributed by atoms with Crippen molar-refractivity contribution < 1.29 is 18.0 Å². The first-order chi connectivity index (χ1) is 12.9. The van der Waals surface area contributed by atoms with Crippen molar-refractivity contribution in [2.75, 3.05) is 7.05 Å². The summed E-state index contributed by atoms with van der Waals surface area (Å²) < 4.78 is 32.9. The third-order valence-electron chi connectivity index (χ3n) is 4.69. The number of amides is 1. The van der Waals surface area contributed by atoms with E-state index in [4.69, 9.17) is 4.42 Å². The molecule has 0 bridgehead atoms. The molecule has 4 rings (SSSR count). The molecule has 1 aliphatic rings. The van der Waals surface area contributed by atoms with Gasteiger partial charge in [-0.05, 0) is 44.0 Å². The average Bonchev–Trinajstić information content (AvgIpc) is 3.24. The zero-order valence-electron chi connectivity index (χ0n) is 14.8. The molecule has 1 fully saturated rings. The number of aromatic nitrogens is 4. The number of carbonyl (C=O) groups excluding carboxylic acids is 1. The van der Waals surface area contributed by atoms with Crippen molar-refractivity contribution in [2.24, 2.45) is 0 Å². The third-order valence-corrected chi connectivity index (χ3v) is 4.69. The third kappa shape index (κ3) is 3.20. The molecule has 0 spiro atoms. The van der Waals surface area contributed by atoms with Crippen LogP contribution in [0.5, 0.6) is 0 Å². The molecule has 27 heavy (non-hydrogen) atoms. The molecule has 3 aromatic rings. The number of hydrogen-bond donors (Lipinski definition) is 0. The smallest absolute Gasteiger partial charge is 0.289 e. The van der Waals surface area contributed by atoms with Gasteiger partial charge in [-0.15, -0.1) is 0 Å². The number of fused-ring (bicyclic) bond motifs is 1. The lowest BCUT2D eigenvalue weighted by molar-refractivity contribution is 0.0665. The van der Waals surface area contributed by atoms with E-state index in [1.54, 1.807) is 37.1 Å². The molecule has 1 amide bonds. The van der Waals surface area contributed by atoms with Crippen molar-refractivity contribution in [1.82, 2.24) is 24.5 Å². The predicted molar refractivity (Wildman–Crippen MR) is 92.3 cm³/mol. The van der Waals surface area contributed by atoms with Gasteiger partial charge in [-0.2, -0.15) is 14.6 Å². The van der Waals surface area contributed by atoms with E-state index in [1.807, 2.05) is 0 Å². The van der Waals surface area contributed by atoms with E-state index in [0.29, 0.717) is 30.1 Å². The van der Waals surface area contributed by atoms with Gasteiger partial charge >= 0.3 is 0 Å². The second kappa shape index (κ2) is 6.57. The van der Waals surface area contributed by atoms with Crippen molar-refractivity contribution in [2.45, 2.75) is 32.2 Å². The Labute approximate surface area is 153 Å². The molecule has 0 N–H and O–H groups in total. The fourth-order valence-electron chi connectivity index (χ4n) is 3.10. The maximum Gasteiger partial charge on any atom is 0.289 e. The van der Waals surface area contributed by atoms with Crippen LogP contribution in [0.25, 0.3) is 11.9 Å². The minimum Gasteiger partial charge on any atom is -0.456 e. The Balaban J connectivity index is 1.51. The van der Waals surface area contributed by atoms with Crippen molar-refractivity contribution in [3.05, 3.63) is 53.0 Å². The highest BCUT2D eigenvalue weighted by atomic mass is 19.3. The second-order valence-corrected chi connectivity index (χ2v) is 6.57. The number of halogens is 2. The molecule has 3 heterocycles. The Morgan fingerprint density at radius 1 is 1.41 bits per heavy atom. The highest BCUT2D eigenvalue weighted by Gasteiger charge is 2.31. The molecule has 3 aromatic heterocycles. The number of rotatable bonds is 4. The molecule has 1 aliphatic carbocycles. The Morgan fingerprint density at radius 2 is 2.19 bits per heavy atom. The second-order valence-electron chi connectivity index (χ2n) is 6.57. The first-order valence-electron chi connectivity index (χ1n) is 8.44. The van der Waals surface area contributed by atoms with Crippen LogP contribution in [-0.4, -0.2) is 43.5 Å². The van der Waals surface area contributed by atoms with Gasteiger partial charge in [0.2, 0.25) is 0 Å².